The zero-order valence-corrected chi connectivity index (χ0v) is 13.4. The van der Waals surface area contributed by atoms with Crippen molar-refractivity contribution in [2.45, 2.75) is 24.8 Å². The smallest absolute Gasteiger partial charge is 0.245 e. The Kier molecular flexibility index (Phi) is 5.87. The van der Waals surface area contributed by atoms with Crippen LogP contribution in [0.15, 0.2) is 21.6 Å². The van der Waals surface area contributed by atoms with Crippen LogP contribution in [0, 0.1) is 0 Å². The maximum atomic E-state index is 12.2. The van der Waals surface area contributed by atoms with E-state index in [0.29, 0.717) is 11.0 Å². The molecule has 0 spiro atoms. The topological polar surface area (TPSA) is 126 Å². The lowest BCUT2D eigenvalue weighted by Crippen LogP contribution is -2.44. The zero-order valence-electron chi connectivity index (χ0n) is 11.0. The number of nitrogens with one attached hydrogen (secondary N) is 3. The number of carbonyl (C=O) groups excluding carboxylic acids is 1. The SMILES string of the molecule is CCNC(=O)C(C)NS(=O)(=O)c1cc(Br)cnc1NN. The molecule has 0 radical (unpaired) electrons. The molecule has 20 heavy (non-hydrogen) atoms. The Hall–Kier alpha value is -1.23. The average molecular weight is 366 g/mol. The standard InChI is InChI=1S/C10H16BrN5O3S/c1-3-13-10(17)6(2)16-20(18,19)8-4-7(11)5-14-9(8)15-12/h4-6,16H,3,12H2,1-2H3,(H,13,17)(H,14,15). The molecule has 1 atom stereocenters. The number of rotatable bonds is 6. The number of anilines is 1. The zero-order chi connectivity index (χ0) is 15.3. The van der Waals surface area contributed by atoms with Gasteiger partial charge in [0.25, 0.3) is 0 Å². The second kappa shape index (κ2) is 6.97. The fourth-order valence-electron chi connectivity index (χ4n) is 1.41. The van der Waals surface area contributed by atoms with Crippen molar-refractivity contribution in [1.29, 1.82) is 0 Å². The average Bonchev–Trinajstić information content (AvgIpc) is 2.38. The number of hydrogen-bond acceptors (Lipinski definition) is 6. The first-order valence-electron chi connectivity index (χ1n) is 5.74. The summed E-state index contributed by atoms with van der Waals surface area (Å²) >= 11 is 3.14. The number of nitrogens with two attached hydrogens (primary N) is 1. The molecule has 0 bridgehead atoms. The first-order chi connectivity index (χ1) is 9.31. The van der Waals surface area contributed by atoms with E-state index in [-0.39, 0.29) is 10.7 Å². The van der Waals surface area contributed by atoms with Gasteiger partial charge in [-0.15, -0.1) is 0 Å². The monoisotopic (exact) mass is 365 g/mol. The van der Waals surface area contributed by atoms with Gasteiger partial charge in [-0.25, -0.2) is 19.2 Å². The second-order valence-corrected chi connectivity index (χ2v) is 6.48. The summed E-state index contributed by atoms with van der Waals surface area (Å²) in [5.41, 5.74) is 2.20. The number of hydrazine groups is 1. The molecular formula is C10H16BrN5O3S. The second-order valence-electron chi connectivity index (χ2n) is 3.88. The van der Waals surface area contributed by atoms with Gasteiger partial charge in [-0.2, -0.15) is 4.72 Å². The Morgan fingerprint density at radius 1 is 1.55 bits per heavy atom. The number of likely N-dealkylation sites (N-methyl/N-ethyl adjacent to an activating group) is 1. The summed E-state index contributed by atoms with van der Waals surface area (Å²) in [6.45, 7) is 3.61. The van der Waals surface area contributed by atoms with Gasteiger partial charge in [0.2, 0.25) is 15.9 Å². The number of sulfonamides is 1. The van der Waals surface area contributed by atoms with Crippen LogP contribution in [-0.2, 0) is 14.8 Å². The summed E-state index contributed by atoms with van der Waals surface area (Å²) < 4.78 is 27.2. The number of nitrogen functional groups attached to an aromatic ring is 1. The van der Waals surface area contributed by atoms with E-state index in [4.69, 9.17) is 5.84 Å². The number of halogens is 1. The third-order valence-electron chi connectivity index (χ3n) is 2.32. The van der Waals surface area contributed by atoms with E-state index in [0.717, 1.165) is 0 Å². The number of aromatic nitrogens is 1. The quantitative estimate of drug-likeness (QED) is 0.413. The molecule has 1 amide bonds. The summed E-state index contributed by atoms with van der Waals surface area (Å²) in [5, 5.41) is 2.53. The Labute approximate surface area is 125 Å². The van der Waals surface area contributed by atoms with Crippen molar-refractivity contribution >= 4 is 37.7 Å². The van der Waals surface area contributed by atoms with Gasteiger partial charge >= 0.3 is 0 Å². The maximum absolute atomic E-state index is 12.2. The van der Waals surface area contributed by atoms with Crippen LogP contribution >= 0.6 is 15.9 Å². The largest absolute Gasteiger partial charge is 0.355 e. The minimum absolute atomic E-state index is 0.0104. The molecular weight excluding hydrogens is 350 g/mol. The van der Waals surface area contributed by atoms with Crippen molar-refractivity contribution in [3.05, 3.63) is 16.7 Å². The minimum Gasteiger partial charge on any atom is -0.355 e. The molecule has 0 aliphatic heterocycles. The van der Waals surface area contributed by atoms with Gasteiger partial charge < -0.3 is 10.7 Å². The number of carbonyl (C=O) groups is 1. The van der Waals surface area contributed by atoms with Crippen LogP contribution in [0.3, 0.4) is 0 Å². The van der Waals surface area contributed by atoms with Crippen LogP contribution < -0.4 is 21.3 Å². The molecule has 1 heterocycles. The van der Waals surface area contributed by atoms with Crippen molar-refractivity contribution in [2.75, 3.05) is 12.0 Å². The number of nitrogens with zero attached hydrogens (tertiary/aromatic N) is 1. The highest BCUT2D eigenvalue weighted by molar-refractivity contribution is 9.10. The minimum atomic E-state index is -3.93. The van der Waals surface area contributed by atoms with Gasteiger partial charge in [0.15, 0.2) is 5.82 Å². The summed E-state index contributed by atoms with van der Waals surface area (Å²) in [4.78, 5) is 15.3. The highest BCUT2D eigenvalue weighted by Crippen LogP contribution is 2.22. The fraction of sp³-hybridized carbons (Fsp3) is 0.400. The molecule has 1 aromatic rings. The molecule has 0 saturated heterocycles. The maximum Gasteiger partial charge on any atom is 0.245 e. The molecule has 10 heteroatoms. The molecule has 8 nitrogen and oxygen atoms in total. The molecule has 1 aromatic heterocycles. The molecule has 5 N–H and O–H groups in total. The van der Waals surface area contributed by atoms with Crippen LogP contribution in [0.2, 0.25) is 0 Å². The lowest BCUT2D eigenvalue weighted by molar-refractivity contribution is -0.122. The summed E-state index contributed by atoms with van der Waals surface area (Å²) in [5.74, 6) is 4.81. The highest BCUT2D eigenvalue weighted by atomic mass is 79.9. The van der Waals surface area contributed by atoms with Crippen molar-refractivity contribution in [3.63, 3.8) is 0 Å². The van der Waals surface area contributed by atoms with Crippen LogP contribution in [-0.4, -0.2) is 31.9 Å². The van der Waals surface area contributed by atoms with E-state index in [2.05, 4.69) is 36.4 Å². The molecule has 0 aliphatic carbocycles. The predicted octanol–water partition coefficient (Wildman–Crippen LogP) is -0.0674. The Bertz CT molecular complexity index is 593. The van der Waals surface area contributed by atoms with E-state index in [1.807, 2.05) is 0 Å². The third-order valence-corrected chi connectivity index (χ3v) is 4.31. The lowest BCUT2D eigenvalue weighted by atomic mass is 10.3. The number of hydrogen-bond donors (Lipinski definition) is 4. The van der Waals surface area contributed by atoms with Crippen LogP contribution in [0.1, 0.15) is 13.8 Å². The first kappa shape index (κ1) is 16.8. The van der Waals surface area contributed by atoms with Crippen molar-refractivity contribution in [3.8, 4) is 0 Å². The van der Waals surface area contributed by atoms with Crippen LogP contribution in [0.25, 0.3) is 0 Å². The van der Waals surface area contributed by atoms with Crippen molar-refractivity contribution in [1.82, 2.24) is 15.0 Å². The summed E-state index contributed by atoms with van der Waals surface area (Å²) in [7, 11) is -3.93. The third kappa shape index (κ3) is 4.13. The number of pyridine rings is 1. The molecule has 0 saturated carbocycles. The van der Waals surface area contributed by atoms with E-state index < -0.39 is 22.0 Å². The van der Waals surface area contributed by atoms with Gasteiger partial charge in [-0.3, -0.25) is 4.79 Å². The molecule has 0 aliphatic rings. The molecule has 112 valence electrons. The molecule has 0 aromatic carbocycles. The van der Waals surface area contributed by atoms with Gasteiger partial charge in [0, 0.05) is 17.2 Å². The predicted molar refractivity (Wildman–Crippen MR) is 78.2 cm³/mol. The summed E-state index contributed by atoms with van der Waals surface area (Å²) in [6.07, 6.45) is 1.40. The first-order valence-corrected chi connectivity index (χ1v) is 8.01. The van der Waals surface area contributed by atoms with E-state index >= 15 is 0 Å². The van der Waals surface area contributed by atoms with Gasteiger partial charge in [-0.1, -0.05) is 0 Å². The normalized spacial score (nSPS) is 12.8. The van der Waals surface area contributed by atoms with Gasteiger partial charge in [0.1, 0.15) is 4.90 Å². The Morgan fingerprint density at radius 3 is 2.75 bits per heavy atom. The number of amides is 1. The molecule has 1 rings (SSSR count). The Morgan fingerprint density at radius 2 is 2.20 bits per heavy atom. The molecule has 0 fully saturated rings. The van der Waals surface area contributed by atoms with Crippen LogP contribution in [0.5, 0.6) is 0 Å². The van der Waals surface area contributed by atoms with E-state index in [1.165, 1.54) is 19.2 Å². The molecule has 1 unspecified atom stereocenters. The van der Waals surface area contributed by atoms with E-state index in [1.54, 1.807) is 6.92 Å². The Balaban J connectivity index is 3.05. The van der Waals surface area contributed by atoms with Gasteiger partial charge in [-0.05, 0) is 35.8 Å². The van der Waals surface area contributed by atoms with Gasteiger partial charge in [0.05, 0.1) is 6.04 Å². The lowest BCUT2D eigenvalue weighted by Gasteiger charge is -2.15. The van der Waals surface area contributed by atoms with E-state index in [9.17, 15) is 13.2 Å². The van der Waals surface area contributed by atoms with Crippen molar-refractivity contribution < 1.29 is 13.2 Å². The highest BCUT2D eigenvalue weighted by Gasteiger charge is 2.25. The summed E-state index contributed by atoms with van der Waals surface area (Å²) in [6, 6.07) is 0.430. The fourth-order valence-corrected chi connectivity index (χ4v) is 3.24. The van der Waals surface area contributed by atoms with Crippen molar-refractivity contribution in [2.24, 2.45) is 5.84 Å². The van der Waals surface area contributed by atoms with Crippen LogP contribution in [0.4, 0.5) is 5.82 Å².